The molecule has 3 N–H and O–H groups in total. The molecular weight excluding hydrogens is 576 g/mol. The van der Waals surface area contributed by atoms with Gasteiger partial charge in [-0.15, -0.1) is 0 Å². The highest BCUT2D eigenvalue weighted by atomic mass is 79.9. The monoisotopic (exact) mass is 600 g/mol. The molecule has 0 bridgehead atoms. The Hall–Kier alpha value is -3.89. The summed E-state index contributed by atoms with van der Waals surface area (Å²) in [6.07, 6.45) is 1.34. The van der Waals surface area contributed by atoms with Crippen molar-refractivity contribution in [3.05, 3.63) is 80.8 Å². The van der Waals surface area contributed by atoms with Crippen LogP contribution in [-0.4, -0.2) is 37.1 Å². The van der Waals surface area contributed by atoms with Crippen LogP contribution < -0.4 is 25.5 Å². The van der Waals surface area contributed by atoms with E-state index >= 15 is 0 Å². The summed E-state index contributed by atoms with van der Waals surface area (Å²) in [5, 5.41) is 9.37. The highest BCUT2D eigenvalue weighted by molar-refractivity contribution is 9.10. The maximum atomic E-state index is 12.5. The van der Waals surface area contributed by atoms with Crippen LogP contribution in [0.5, 0.6) is 11.5 Å². The first kappa shape index (κ1) is 28.7. The lowest BCUT2D eigenvalue weighted by Crippen LogP contribution is -2.32. The summed E-state index contributed by atoms with van der Waals surface area (Å²) >= 11 is 9.42. The van der Waals surface area contributed by atoms with E-state index in [2.05, 4.69) is 37.1 Å². The van der Waals surface area contributed by atoms with Crippen molar-refractivity contribution < 1.29 is 23.9 Å². The van der Waals surface area contributed by atoms with Crippen molar-refractivity contribution in [3.63, 3.8) is 0 Å². The fourth-order valence-corrected chi connectivity index (χ4v) is 4.16. The largest absolute Gasteiger partial charge is 0.490 e. The highest BCUT2D eigenvalue weighted by Crippen LogP contribution is 2.36. The predicted octanol–water partition coefficient (Wildman–Crippen LogP) is 5.22. The van der Waals surface area contributed by atoms with E-state index in [4.69, 9.17) is 21.1 Å². The lowest BCUT2D eigenvalue weighted by atomic mass is 10.1. The van der Waals surface area contributed by atoms with Gasteiger partial charge in [-0.25, -0.2) is 5.43 Å². The van der Waals surface area contributed by atoms with E-state index in [0.29, 0.717) is 44.5 Å². The van der Waals surface area contributed by atoms with Crippen LogP contribution in [-0.2, 0) is 14.4 Å². The van der Waals surface area contributed by atoms with Crippen LogP contribution in [0, 0.1) is 13.8 Å². The number of nitrogens with one attached hydrogen (secondary N) is 3. The van der Waals surface area contributed by atoms with Crippen LogP contribution in [0.3, 0.4) is 0 Å². The molecule has 0 aliphatic heterocycles. The summed E-state index contributed by atoms with van der Waals surface area (Å²) in [6.45, 7) is 5.82. The van der Waals surface area contributed by atoms with Crippen molar-refractivity contribution in [2.24, 2.45) is 5.10 Å². The van der Waals surface area contributed by atoms with E-state index in [0.717, 1.165) is 11.1 Å². The third-order valence-corrected chi connectivity index (χ3v) is 5.81. The number of carbonyl (C=O) groups is 3. The normalized spacial score (nSPS) is 10.7. The Balaban J connectivity index is 1.63. The van der Waals surface area contributed by atoms with Crippen molar-refractivity contribution in [2.45, 2.75) is 20.8 Å². The van der Waals surface area contributed by atoms with Crippen molar-refractivity contribution in [1.29, 1.82) is 0 Å². The van der Waals surface area contributed by atoms with Crippen LogP contribution in [0.15, 0.2) is 64.2 Å². The SMILES string of the molecule is CCOc1cc(/C=N/NC(=O)C(=O)Nc2ccccc2Cl)cc(Br)c1OCC(=O)Nc1cc(C)cc(C)c1. The standard InChI is InChI=1S/C27H26BrClN4O5/c1-4-37-23-13-18(14-30-33-27(36)26(35)32-22-8-6-5-7-21(22)29)12-20(28)25(23)38-15-24(34)31-19-10-16(2)9-17(3)11-19/h5-14H,4,15H2,1-3H3,(H,31,34)(H,32,35)(H,33,36)/b30-14+. The molecule has 3 aromatic carbocycles. The second-order valence-electron chi connectivity index (χ2n) is 8.11. The minimum atomic E-state index is -0.972. The Labute approximate surface area is 233 Å². The van der Waals surface area contributed by atoms with Crippen molar-refractivity contribution >= 4 is 62.8 Å². The number of aryl methyl sites for hydroxylation is 2. The number of hydrogen-bond donors (Lipinski definition) is 3. The molecule has 0 unspecified atom stereocenters. The molecule has 11 heteroatoms. The zero-order valence-electron chi connectivity index (χ0n) is 20.9. The maximum absolute atomic E-state index is 12.5. The van der Waals surface area contributed by atoms with Crippen molar-refractivity contribution in [2.75, 3.05) is 23.8 Å². The Bertz CT molecular complexity index is 1360. The number of anilines is 2. The van der Waals surface area contributed by atoms with E-state index in [1.807, 2.05) is 39.0 Å². The molecule has 0 atom stereocenters. The van der Waals surface area contributed by atoms with Gasteiger partial charge in [-0.1, -0.05) is 29.8 Å². The minimum absolute atomic E-state index is 0.240. The number of rotatable bonds is 9. The van der Waals surface area contributed by atoms with E-state index in [1.54, 1.807) is 36.4 Å². The van der Waals surface area contributed by atoms with Gasteiger partial charge in [0.1, 0.15) is 0 Å². The first-order chi connectivity index (χ1) is 18.2. The van der Waals surface area contributed by atoms with Gasteiger partial charge in [-0.3, -0.25) is 14.4 Å². The molecule has 0 saturated heterocycles. The highest BCUT2D eigenvalue weighted by Gasteiger charge is 2.16. The first-order valence-electron chi connectivity index (χ1n) is 11.5. The third-order valence-electron chi connectivity index (χ3n) is 4.89. The number of ether oxygens (including phenoxy) is 2. The number of carbonyl (C=O) groups excluding carboxylic acids is 3. The van der Waals surface area contributed by atoms with Crippen LogP contribution in [0.1, 0.15) is 23.6 Å². The van der Waals surface area contributed by atoms with E-state index in [-0.39, 0.29) is 12.5 Å². The average Bonchev–Trinajstić information content (AvgIpc) is 2.84. The number of amides is 3. The zero-order valence-corrected chi connectivity index (χ0v) is 23.3. The van der Waals surface area contributed by atoms with Crippen molar-refractivity contribution in [3.8, 4) is 11.5 Å². The molecule has 0 radical (unpaired) electrons. The summed E-state index contributed by atoms with van der Waals surface area (Å²) < 4.78 is 11.9. The molecule has 3 rings (SSSR count). The van der Waals surface area contributed by atoms with E-state index in [1.165, 1.54) is 6.21 Å². The fraction of sp³-hybridized carbons (Fsp3) is 0.185. The third kappa shape index (κ3) is 8.32. The molecule has 0 saturated carbocycles. The Kier molecular flexibility index (Phi) is 10.3. The average molecular weight is 602 g/mol. The van der Waals surface area contributed by atoms with Gasteiger partial charge in [0.25, 0.3) is 5.91 Å². The van der Waals surface area contributed by atoms with Gasteiger partial charge < -0.3 is 20.1 Å². The van der Waals surface area contributed by atoms with Gasteiger partial charge in [0.05, 0.1) is 28.0 Å². The Morgan fingerprint density at radius 3 is 2.37 bits per heavy atom. The summed E-state index contributed by atoms with van der Waals surface area (Å²) in [7, 11) is 0. The number of hydrazone groups is 1. The summed E-state index contributed by atoms with van der Waals surface area (Å²) in [4.78, 5) is 36.6. The number of nitrogens with zero attached hydrogens (tertiary/aromatic N) is 1. The van der Waals surface area contributed by atoms with E-state index < -0.39 is 11.8 Å². The van der Waals surface area contributed by atoms with Crippen LogP contribution in [0.2, 0.25) is 5.02 Å². The second-order valence-corrected chi connectivity index (χ2v) is 9.37. The number of hydrogen-bond acceptors (Lipinski definition) is 6. The number of benzene rings is 3. The quantitative estimate of drug-likeness (QED) is 0.177. The Morgan fingerprint density at radius 1 is 0.974 bits per heavy atom. The molecule has 3 aromatic rings. The summed E-state index contributed by atoms with van der Waals surface area (Å²) in [5.41, 5.74) is 5.78. The second kappa shape index (κ2) is 13.6. The minimum Gasteiger partial charge on any atom is -0.490 e. The zero-order chi connectivity index (χ0) is 27.7. The molecule has 0 spiro atoms. The predicted molar refractivity (Wildman–Crippen MR) is 151 cm³/mol. The van der Waals surface area contributed by atoms with Crippen LogP contribution >= 0.6 is 27.5 Å². The fourth-order valence-electron chi connectivity index (χ4n) is 3.40. The molecule has 0 aromatic heterocycles. The first-order valence-corrected chi connectivity index (χ1v) is 12.7. The number of halogens is 2. The maximum Gasteiger partial charge on any atom is 0.329 e. The molecule has 0 aliphatic rings. The molecule has 9 nitrogen and oxygen atoms in total. The lowest BCUT2D eigenvalue weighted by molar-refractivity contribution is -0.136. The smallest absolute Gasteiger partial charge is 0.329 e. The van der Waals surface area contributed by atoms with E-state index in [9.17, 15) is 14.4 Å². The van der Waals surface area contributed by atoms with Gasteiger partial charge in [-0.05, 0) is 89.8 Å². The van der Waals surface area contributed by atoms with Gasteiger partial charge in [0.15, 0.2) is 18.1 Å². The van der Waals surface area contributed by atoms with Crippen LogP contribution in [0.25, 0.3) is 0 Å². The molecule has 0 heterocycles. The van der Waals surface area contributed by atoms with Gasteiger partial charge in [0, 0.05) is 5.69 Å². The molecule has 198 valence electrons. The van der Waals surface area contributed by atoms with Gasteiger partial charge >= 0.3 is 11.8 Å². The lowest BCUT2D eigenvalue weighted by Gasteiger charge is -2.15. The van der Waals surface area contributed by atoms with Gasteiger partial charge in [-0.2, -0.15) is 5.10 Å². The van der Waals surface area contributed by atoms with Gasteiger partial charge in [0.2, 0.25) is 0 Å². The molecule has 38 heavy (non-hydrogen) atoms. The summed E-state index contributed by atoms with van der Waals surface area (Å²) in [5.74, 6) is -1.52. The molecule has 0 aliphatic carbocycles. The number of para-hydroxylation sites is 1. The Morgan fingerprint density at radius 2 is 1.68 bits per heavy atom. The molecule has 3 amide bonds. The molecular formula is C27H26BrClN4O5. The molecule has 0 fully saturated rings. The summed E-state index contributed by atoms with van der Waals surface area (Å²) in [6, 6.07) is 15.6. The van der Waals surface area contributed by atoms with Crippen molar-refractivity contribution in [1.82, 2.24) is 5.43 Å². The van der Waals surface area contributed by atoms with Crippen LogP contribution in [0.4, 0.5) is 11.4 Å². The topological polar surface area (TPSA) is 118 Å².